The number of nitrogens with one attached hydrogen (secondary N) is 1. The molecule has 0 fully saturated rings. The molecule has 0 unspecified atom stereocenters. The Balaban J connectivity index is 2.20. The molecule has 88 valence electrons. The number of halogens is 1. The van der Waals surface area contributed by atoms with Crippen molar-refractivity contribution in [2.24, 2.45) is 0 Å². The summed E-state index contributed by atoms with van der Waals surface area (Å²) in [5.41, 5.74) is 7.33. The Morgan fingerprint density at radius 2 is 2.29 bits per heavy atom. The largest absolute Gasteiger partial charge is 0.398 e. The van der Waals surface area contributed by atoms with E-state index < -0.39 is 0 Å². The van der Waals surface area contributed by atoms with Crippen molar-refractivity contribution in [2.45, 2.75) is 6.92 Å². The van der Waals surface area contributed by atoms with Crippen LogP contribution in [0.4, 0.5) is 10.8 Å². The van der Waals surface area contributed by atoms with Gasteiger partial charge in [-0.3, -0.25) is 10.1 Å². The van der Waals surface area contributed by atoms with E-state index >= 15 is 0 Å². The third-order valence-electron chi connectivity index (χ3n) is 2.10. The van der Waals surface area contributed by atoms with E-state index in [0.29, 0.717) is 21.4 Å². The van der Waals surface area contributed by atoms with E-state index in [0.717, 1.165) is 5.69 Å². The molecule has 0 spiro atoms. The van der Waals surface area contributed by atoms with E-state index in [9.17, 15) is 4.79 Å². The number of aryl methyl sites for hydroxylation is 1. The van der Waals surface area contributed by atoms with Crippen LogP contribution in [0.5, 0.6) is 0 Å². The SMILES string of the molecule is Cc1csc(NC(=O)c2ccc(Cl)cc2N)n1. The maximum absolute atomic E-state index is 11.9. The molecule has 1 aromatic heterocycles. The van der Waals surface area contributed by atoms with Gasteiger partial charge >= 0.3 is 0 Å². The molecule has 1 aromatic carbocycles. The number of carbonyl (C=O) groups excluding carboxylic acids is 1. The number of nitrogen functional groups attached to an aromatic ring is 1. The summed E-state index contributed by atoms with van der Waals surface area (Å²) >= 11 is 7.13. The highest BCUT2D eigenvalue weighted by Crippen LogP contribution is 2.20. The number of nitrogens with two attached hydrogens (primary N) is 1. The van der Waals surface area contributed by atoms with Gasteiger partial charge in [0.25, 0.3) is 5.91 Å². The molecule has 1 heterocycles. The second kappa shape index (κ2) is 4.73. The molecule has 0 atom stereocenters. The maximum Gasteiger partial charge on any atom is 0.259 e. The first kappa shape index (κ1) is 11.9. The molecule has 0 aliphatic rings. The Kier molecular flexibility index (Phi) is 3.31. The lowest BCUT2D eigenvalue weighted by molar-refractivity contribution is 0.102. The molecule has 0 saturated carbocycles. The highest BCUT2D eigenvalue weighted by Gasteiger charge is 2.11. The first-order chi connectivity index (χ1) is 8.06. The molecule has 3 N–H and O–H groups in total. The summed E-state index contributed by atoms with van der Waals surface area (Å²) in [6.45, 7) is 1.86. The van der Waals surface area contributed by atoms with Crippen molar-refractivity contribution in [3.63, 3.8) is 0 Å². The van der Waals surface area contributed by atoms with Gasteiger partial charge in [-0.15, -0.1) is 11.3 Å². The lowest BCUT2D eigenvalue weighted by Gasteiger charge is -2.05. The Morgan fingerprint density at radius 1 is 1.53 bits per heavy atom. The summed E-state index contributed by atoms with van der Waals surface area (Å²) in [6, 6.07) is 4.76. The van der Waals surface area contributed by atoms with Crippen molar-refractivity contribution in [3.8, 4) is 0 Å². The highest BCUT2D eigenvalue weighted by molar-refractivity contribution is 7.13. The fourth-order valence-corrected chi connectivity index (χ4v) is 2.18. The molecular formula is C11H10ClN3OS. The zero-order valence-corrected chi connectivity index (χ0v) is 10.6. The smallest absolute Gasteiger partial charge is 0.259 e. The van der Waals surface area contributed by atoms with E-state index in [4.69, 9.17) is 17.3 Å². The molecule has 17 heavy (non-hydrogen) atoms. The van der Waals surface area contributed by atoms with Crippen molar-refractivity contribution < 1.29 is 4.79 Å². The minimum atomic E-state index is -0.284. The number of thiazole rings is 1. The molecule has 0 radical (unpaired) electrons. The standard InChI is InChI=1S/C11H10ClN3OS/c1-6-5-17-11(14-6)15-10(16)8-3-2-7(12)4-9(8)13/h2-5H,13H2,1H3,(H,14,15,16). The summed E-state index contributed by atoms with van der Waals surface area (Å²) in [6.07, 6.45) is 0. The van der Waals surface area contributed by atoms with Crippen LogP contribution >= 0.6 is 22.9 Å². The maximum atomic E-state index is 11.9. The lowest BCUT2D eigenvalue weighted by atomic mass is 10.2. The second-order valence-corrected chi connectivity index (χ2v) is 4.77. The predicted octanol–water partition coefficient (Wildman–Crippen LogP) is 2.94. The van der Waals surface area contributed by atoms with Gasteiger partial charge < -0.3 is 5.73 Å². The minimum Gasteiger partial charge on any atom is -0.398 e. The quantitative estimate of drug-likeness (QED) is 0.822. The summed E-state index contributed by atoms with van der Waals surface area (Å²) < 4.78 is 0. The van der Waals surface area contributed by atoms with Crippen LogP contribution in [0.1, 0.15) is 16.1 Å². The van der Waals surface area contributed by atoms with Crippen molar-refractivity contribution in [1.82, 2.24) is 4.98 Å². The highest BCUT2D eigenvalue weighted by atomic mass is 35.5. The van der Waals surface area contributed by atoms with Crippen LogP contribution in [0.2, 0.25) is 5.02 Å². The molecule has 6 heteroatoms. The van der Waals surface area contributed by atoms with Gasteiger partial charge in [-0.25, -0.2) is 4.98 Å². The number of rotatable bonds is 2. The molecule has 0 bridgehead atoms. The molecule has 2 aromatic rings. The fourth-order valence-electron chi connectivity index (χ4n) is 1.32. The van der Waals surface area contributed by atoms with Crippen molar-refractivity contribution in [1.29, 1.82) is 0 Å². The number of hydrogen-bond donors (Lipinski definition) is 2. The lowest BCUT2D eigenvalue weighted by Crippen LogP contribution is -2.13. The van der Waals surface area contributed by atoms with Gasteiger partial charge in [-0.2, -0.15) is 0 Å². The van der Waals surface area contributed by atoms with Crippen LogP contribution < -0.4 is 11.1 Å². The average molecular weight is 268 g/mol. The Labute approximate surface area is 107 Å². The molecule has 4 nitrogen and oxygen atoms in total. The second-order valence-electron chi connectivity index (χ2n) is 3.48. The molecule has 2 rings (SSSR count). The third-order valence-corrected chi connectivity index (χ3v) is 3.21. The zero-order valence-electron chi connectivity index (χ0n) is 9.03. The number of amides is 1. The predicted molar refractivity (Wildman–Crippen MR) is 70.7 cm³/mol. The van der Waals surface area contributed by atoms with Gasteiger partial charge in [0.1, 0.15) is 0 Å². The third kappa shape index (κ3) is 2.75. The molecule has 0 saturated heterocycles. The van der Waals surface area contributed by atoms with E-state index in [1.165, 1.54) is 11.3 Å². The van der Waals surface area contributed by atoms with E-state index in [2.05, 4.69) is 10.3 Å². The number of aromatic nitrogens is 1. The summed E-state index contributed by atoms with van der Waals surface area (Å²) in [7, 11) is 0. The van der Waals surface area contributed by atoms with Crippen LogP contribution in [0, 0.1) is 6.92 Å². The minimum absolute atomic E-state index is 0.284. The zero-order chi connectivity index (χ0) is 12.4. The summed E-state index contributed by atoms with van der Waals surface area (Å²) in [5.74, 6) is -0.284. The average Bonchev–Trinajstić information content (AvgIpc) is 2.63. The Hall–Kier alpha value is -1.59. The van der Waals surface area contributed by atoms with Crippen LogP contribution in [0.3, 0.4) is 0 Å². The molecule has 1 amide bonds. The number of nitrogens with zero attached hydrogens (tertiary/aromatic N) is 1. The van der Waals surface area contributed by atoms with Gasteiger partial charge in [0.15, 0.2) is 5.13 Å². The van der Waals surface area contributed by atoms with Crippen molar-refractivity contribution in [3.05, 3.63) is 39.9 Å². The summed E-state index contributed by atoms with van der Waals surface area (Å²) in [4.78, 5) is 16.0. The fraction of sp³-hybridized carbons (Fsp3) is 0.0909. The molecule has 0 aliphatic carbocycles. The van der Waals surface area contributed by atoms with Crippen LogP contribution in [-0.2, 0) is 0 Å². The van der Waals surface area contributed by atoms with E-state index in [1.54, 1.807) is 18.2 Å². The van der Waals surface area contributed by atoms with Crippen LogP contribution in [0.25, 0.3) is 0 Å². The first-order valence-electron chi connectivity index (χ1n) is 4.85. The molecule has 0 aliphatic heterocycles. The number of hydrogen-bond acceptors (Lipinski definition) is 4. The van der Waals surface area contributed by atoms with Crippen molar-refractivity contribution >= 4 is 39.7 Å². The topological polar surface area (TPSA) is 68.0 Å². The van der Waals surface area contributed by atoms with Crippen molar-refractivity contribution in [2.75, 3.05) is 11.1 Å². The van der Waals surface area contributed by atoms with Crippen LogP contribution in [0.15, 0.2) is 23.6 Å². The summed E-state index contributed by atoms with van der Waals surface area (Å²) in [5, 5.41) is 5.61. The first-order valence-corrected chi connectivity index (χ1v) is 6.10. The van der Waals surface area contributed by atoms with E-state index in [1.807, 2.05) is 12.3 Å². The monoisotopic (exact) mass is 267 g/mol. The number of anilines is 2. The Bertz CT molecular complexity index is 568. The number of benzene rings is 1. The van der Waals surface area contributed by atoms with Gasteiger partial charge in [-0.05, 0) is 25.1 Å². The van der Waals surface area contributed by atoms with Gasteiger partial charge in [0.05, 0.1) is 11.3 Å². The molecular weight excluding hydrogens is 258 g/mol. The van der Waals surface area contributed by atoms with Gasteiger partial charge in [0, 0.05) is 16.1 Å². The van der Waals surface area contributed by atoms with Gasteiger partial charge in [-0.1, -0.05) is 11.6 Å². The van der Waals surface area contributed by atoms with Crippen LogP contribution in [-0.4, -0.2) is 10.9 Å². The number of carbonyl (C=O) groups is 1. The van der Waals surface area contributed by atoms with E-state index in [-0.39, 0.29) is 5.91 Å². The Morgan fingerprint density at radius 3 is 2.88 bits per heavy atom. The van der Waals surface area contributed by atoms with Gasteiger partial charge in [0.2, 0.25) is 0 Å². The normalized spacial score (nSPS) is 10.2.